The highest BCUT2D eigenvalue weighted by atomic mass is 35.5. The van der Waals surface area contributed by atoms with Gasteiger partial charge in [-0.3, -0.25) is 4.79 Å². The molecule has 0 fully saturated rings. The summed E-state index contributed by atoms with van der Waals surface area (Å²) in [5.74, 6) is 2.12. The van der Waals surface area contributed by atoms with Gasteiger partial charge in [0.1, 0.15) is 5.82 Å². The summed E-state index contributed by atoms with van der Waals surface area (Å²) in [7, 11) is 0. The van der Waals surface area contributed by atoms with Gasteiger partial charge in [-0.25, -0.2) is 4.39 Å². The number of nitrogens with zero attached hydrogens (tertiary/aromatic N) is 2. The maximum absolute atomic E-state index is 13.5. The molecule has 1 amide bonds. The van der Waals surface area contributed by atoms with Crippen molar-refractivity contribution in [2.45, 2.75) is 25.0 Å². The van der Waals surface area contributed by atoms with Crippen LogP contribution in [0.4, 0.5) is 4.39 Å². The van der Waals surface area contributed by atoms with Gasteiger partial charge < -0.3 is 9.84 Å². The zero-order valence-electron chi connectivity index (χ0n) is 15.7. The van der Waals surface area contributed by atoms with E-state index in [1.165, 1.54) is 6.07 Å². The fourth-order valence-corrected chi connectivity index (χ4v) is 3.59. The molecule has 152 valence electrons. The smallest absolute Gasteiger partial charge is 0.226 e. The summed E-state index contributed by atoms with van der Waals surface area (Å²) in [6.45, 7) is 0.555. The molecular weight excluding hydrogens is 413 g/mol. The zero-order chi connectivity index (χ0) is 20.5. The average molecular weight is 434 g/mol. The van der Waals surface area contributed by atoms with Crippen LogP contribution in [0.5, 0.6) is 0 Å². The minimum absolute atomic E-state index is 0.0195. The second-order valence-electron chi connectivity index (χ2n) is 6.37. The molecule has 0 spiro atoms. The van der Waals surface area contributed by atoms with Crippen molar-refractivity contribution in [1.82, 2.24) is 15.5 Å². The Hall–Kier alpha value is -2.38. The molecule has 0 saturated heterocycles. The van der Waals surface area contributed by atoms with Crippen molar-refractivity contribution in [3.8, 4) is 11.4 Å². The lowest BCUT2D eigenvalue weighted by molar-refractivity contribution is -0.121. The Bertz CT molecular complexity index is 934. The van der Waals surface area contributed by atoms with Crippen molar-refractivity contribution in [2.75, 3.05) is 12.3 Å². The number of thioether (sulfide) groups is 1. The van der Waals surface area contributed by atoms with E-state index in [0.717, 1.165) is 11.3 Å². The summed E-state index contributed by atoms with van der Waals surface area (Å²) < 4.78 is 18.8. The highest BCUT2D eigenvalue weighted by Crippen LogP contribution is 2.19. The van der Waals surface area contributed by atoms with Crippen molar-refractivity contribution < 1.29 is 13.7 Å². The molecule has 0 aliphatic carbocycles. The zero-order valence-corrected chi connectivity index (χ0v) is 17.3. The highest BCUT2D eigenvalue weighted by Gasteiger charge is 2.09. The van der Waals surface area contributed by atoms with E-state index < -0.39 is 0 Å². The first kappa shape index (κ1) is 21.3. The second kappa shape index (κ2) is 11.0. The number of amides is 1. The van der Waals surface area contributed by atoms with Crippen LogP contribution >= 0.6 is 23.4 Å². The summed E-state index contributed by atoms with van der Waals surface area (Å²) in [5, 5.41) is 7.48. The lowest BCUT2D eigenvalue weighted by Crippen LogP contribution is -2.25. The third-order valence-corrected chi connectivity index (χ3v) is 5.41. The van der Waals surface area contributed by atoms with Crippen LogP contribution in [-0.2, 0) is 17.0 Å². The van der Waals surface area contributed by atoms with Gasteiger partial charge in [0.2, 0.25) is 17.6 Å². The van der Waals surface area contributed by atoms with Gasteiger partial charge in [-0.05, 0) is 42.3 Å². The van der Waals surface area contributed by atoms with Crippen LogP contribution in [0.15, 0.2) is 53.1 Å². The Labute approximate surface area is 178 Å². The SMILES string of the molecule is O=C(CCCc1nc(-c2ccc(Cl)cc2)no1)NCCSCc1ccccc1F. The van der Waals surface area contributed by atoms with Crippen LogP contribution in [0, 0.1) is 5.82 Å². The monoisotopic (exact) mass is 433 g/mol. The lowest BCUT2D eigenvalue weighted by Gasteiger charge is -2.05. The average Bonchev–Trinajstić information content (AvgIpc) is 3.18. The van der Waals surface area contributed by atoms with Crippen molar-refractivity contribution in [2.24, 2.45) is 0 Å². The number of aromatic nitrogens is 2. The van der Waals surface area contributed by atoms with Gasteiger partial charge in [0, 0.05) is 41.5 Å². The largest absolute Gasteiger partial charge is 0.355 e. The molecule has 0 aliphatic rings. The Kier molecular flexibility index (Phi) is 8.07. The molecule has 0 unspecified atom stereocenters. The molecule has 5 nitrogen and oxygen atoms in total. The molecule has 8 heteroatoms. The lowest BCUT2D eigenvalue weighted by atomic mass is 10.2. The second-order valence-corrected chi connectivity index (χ2v) is 7.91. The fraction of sp³-hybridized carbons (Fsp3) is 0.286. The Morgan fingerprint density at radius 3 is 2.76 bits per heavy atom. The van der Waals surface area contributed by atoms with Gasteiger partial charge >= 0.3 is 0 Å². The highest BCUT2D eigenvalue weighted by molar-refractivity contribution is 7.98. The third-order valence-electron chi connectivity index (χ3n) is 4.15. The van der Waals surface area contributed by atoms with E-state index in [1.54, 1.807) is 36.0 Å². The Balaban J connectivity index is 1.30. The van der Waals surface area contributed by atoms with Gasteiger partial charge in [0.25, 0.3) is 0 Å². The van der Waals surface area contributed by atoms with E-state index >= 15 is 0 Å². The third kappa shape index (κ3) is 6.87. The fourth-order valence-electron chi connectivity index (χ4n) is 2.62. The number of carbonyl (C=O) groups is 1. The van der Waals surface area contributed by atoms with Crippen LogP contribution in [0.1, 0.15) is 24.3 Å². The summed E-state index contributed by atoms with van der Waals surface area (Å²) in [4.78, 5) is 16.3. The first-order valence-electron chi connectivity index (χ1n) is 9.28. The van der Waals surface area contributed by atoms with E-state index in [1.807, 2.05) is 18.2 Å². The summed E-state index contributed by atoms with van der Waals surface area (Å²) in [6, 6.07) is 13.9. The minimum Gasteiger partial charge on any atom is -0.355 e. The van der Waals surface area contributed by atoms with Gasteiger partial charge in [0.15, 0.2) is 0 Å². The Morgan fingerprint density at radius 1 is 1.17 bits per heavy atom. The Morgan fingerprint density at radius 2 is 1.97 bits per heavy atom. The van der Waals surface area contributed by atoms with E-state index in [0.29, 0.717) is 53.9 Å². The molecule has 0 atom stereocenters. The van der Waals surface area contributed by atoms with Crippen LogP contribution in [0.2, 0.25) is 5.02 Å². The van der Waals surface area contributed by atoms with Gasteiger partial charge in [-0.2, -0.15) is 16.7 Å². The maximum Gasteiger partial charge on any atom is 0.226 e. The first-order valence-corrected chi connectivity index (χ1v) is 10.8. The molecule has 29 heavy (non-hydrogen) atoms. The summed E-state index contributed by atoms with van der Waals surface area (Å²) in [5.41, 5.74) is 1.51. The molecule has 1 aromatic heterocycles. The van der Waals surface area contributed by atoms with Crippen LogP contribution in [0.3, 0.4) is 0 Å². The van der Waals surface area contributed by atoms with Crippen molar-refractivity contribution >= 4 is 29.3 Å². The minimum atomic E-state index is -0.190. The number of halogens is 2. The molecule has 0 radical (unpaired) electrons. The molecule has 3 rings (SSSR count). The molecular formula is C21H21ClFN3O2S. The first-order chi connectivity index (χ1) is 14.1. The summed E-state index contributed by atoms with van der Waals surface area (Å²) in [6.07, 6.45) is 1.54. The number of hydrogen-bond donors (Lipinski definition) is 1. The molecule has 0 bridgehead atoms. The van der Waals surface area contributed by atoms with E-state index in [-0.39, 0.29) is 11.7 Å². The number of benzene rings is 2. The van der Waals surface area contributed by atoms with Crippen LogP contribution in [0.25, 0.3) is 11.4 Å². The van der Waals surface area contributed by atoms with E-state index in [4.69, 9.17) is 16.1 Å². The number of rotatable bonds is 10. The topological polar surface area (TPSA) is 68.0 Å². The molecule has 1 N–H and O–H groups in total. The van der Waals surface area contributed by atoms with Crippen molar-refractivity contribution in [3.63, 3.8) is 0 Å². The van der Waals surface area contributed by atoms with Crippen molar-refractivity contribution in [3.05, 3.63) is 70.8 Å². The number of hydrogen-bond acceptors (Lipinski definition) is 5. The predicted molar refractivity (Wildman–Crippen MR) is 113 cm³/mol. The van der Waals surface area contributed by atoms with E-state index in [2.05, 4.69) is 15.5 Å². The van der Waals surface area contributed by atoms with Gasteiger partial charge in [0.05, 0.1) is 0 Å². The standard InChI is InChI=1S/C21H21ClFN3O2S/c22-17-10-8-15(9-11-17)21-25-20(28-26-21)7-3-6-19(27)24-12-13-29-14-16-4-1-2-5-18(16)23/h1-2,4-5,8-11H,3,6-7,12-14H2,(H,24,27). The molecule has 0 saturated carbocycles. The van der Waals surface area contributed by atoms with Crippen molar-refractivity contribution in [1.29, 1.82) is 0 Å². The molecule has 0 aliphatic heterocycles. The molecule has 2 aromatic carbocycles. The predicted octanol–water partition coefficient (Wildman–Crippen LogP) is 4.90. The normalized spacial score (nSPS) is 10.8. The van der Waals surface area contributed by atoms with Gasteiger partial charge in [-0.15, -0.1) is 0 Å². The van der Waals surface area contributed by atoms with E-state index in [9.17, 15) is 9.18 Å². The molecule has 1 heterocycles. The van der Waals surface area contributed by atoms with Crippen LogP contribution in [-0.4, -0.2) is 28.3 Å². The maximum atomic E-state index is 13.5. The molecule has 3 aromatic rings. The van der Waals surface area contributed by atoms with Gasteiger partial charge in [-0.1, -0.05) is 35.0 Å². The quantitative estimate of drug-likeness (QED) is 0.460. The number of carbonyl (C=O) groups excluding carboxylic acids is 1. The number of aryl methyl sites for hydroxylation is 1. The van der Waals surface area contributed by atoms with Crippen LogP contribution < -0.4 is 5.32 Å². The summed E-state index contributed by atoms with van der Waals surface area (Å²) >= 11 is 7.46. The number of nitrogens with one attached hydrogen (secondary N) is 1.